The molecule has 5 rings (SSSR count). The first-order valence-electron chi connectivity index (χ1n) is 11.9. The number of rotatable bonds is 3. The first kappa shape index (κ1) is 22.9. The number of aromatic nitrogens is 3. The molecular weight excluding hydrogens is 444 g/mol. The Bertz CT molecular complexity index is 1240. The Morgan fingerprint density at radius 1 is 1.06 bits per heavy atom. The highest BCUT2D eigenvalue weighted by atomic mass is 16.6. The second-order valence-electron chi connectivity index (χ2n) is 9.85. The third kappa shape index (κ3) is 4.99. The summed E-state index contributed by atoms with van der Waals surface area (Å²) < 4.78 is 5.49. The van der Waals surface area contributed by atoms with E-state index >= 15 is 0 Å². The van der Waals surface area contributed by atoms with Crippen LogP contribution in [0.3, 0.4) is 0 Å². The average Bonchev–Trinajstić information content (AvgIpc) is 3.29. The maximum atomic E-state index is 12.3. The van der Waals surface area contributed by atoms with Gasteiger partial charge in [-0.25, -0.2) is 14.8 Å². The van der Waals surface area contributed by atoms with Crippen molar-refractivity contribution in [1.82, 2.24) is 25.2 Å². The van der Waals surface area contributed by atoms with Gasteiger partial charge in [-0.1, -0.05) is 0 Å². The van der Waals surface area contributed by atoms with Gasteiger partial charge in [0, 0.05) is 62.3 Å². The molecule has 1 fully saturated rings. The number of carbonyl (C=O) groups excluding carboxylic acids is 2. The van der Waals surface area contributed by atoms with Crippen LogP contribution in [0.5, 0.6) is 0 Å². The Labute approximate surface area is 204 Å². The molecule has 9 heteroatoms. The first-order chi connectivity index (χ1) is 16.8. The highest BCUT2D eigenvalue weighted by Gasteiger charge is 2.26. The number of nitrogens with one attached hydrogen (secondary N) is 2. The molecule has 1 saturated heterocycles. The van der Waals surface area contributed by atoms with Crippen molar-refractivity contribution < 1.29 is 14.3 Å². The maximum absolute atomic E-state index is 12.3. The van der Waals surface area contributed by atoms with Crippen molar-refractivity contribution in [1.29, 1.82) is 0 Å². The Hall–Kier alpha value is -3.88. The monoisotopic (exact) mass is 474 g/mol. The summed E-state index contributed by atoms with van der Waals surface area (Å²) in [6.07, 6.45) is 2.27. The van der Waals surface area contributed by atoms with E-state index in [1.807, 2.05) is 45.0 Å². The van der Waals surface area contributed by atoms with Gasteiger partial charge in [-0.15, -0.1) is 0 Å². The molecule has 0 radical (unpaired) electrons. The van der Waals surface area contributed by atoms with Crippen molar-refractivity contribution in [2.75, 3.05) is 37.6 Å². The molecule has 9 nitrogen and oxygen atoms in total. The van der Waals surface area contributed by atoms with Crippen LogP contribution in [0.2, 0.25) is 0 Å². The highest BCUT2D eigenvalue weighted by molar-refractivity contribution is 5.97. The van der Waals surface area contributed by atoms with Crippen molar-refractivity contribution >= 4 is 17.7 Å². The van der Waals surface area contributed by atoms with Crippen LogP contribution >= 0.6 is 0 Å². The lowest BCUT2D eigenvalue weighted by Crippen LogP contribution is -2.50. The molecule has 0 spiro atoms. The van der Waals surface area contributed by atoms with Crippen LogP contribution in [0.15, 0.2) is 42.6 Å². The largest absolute Gasteiger partial charge is 0.444 e. The molecule has 2 aliphatic heterocycles. The zero-order valence-electron chi connectivity index (χ0n) is 20.3. The molecule has 0 unspecified atom stereocenters. The Morgan fingerprint density at radius 3 is 2.49 bits per heavy atom. The average molecular weight is 475 g/mol. The topological polar surface area (TPSA) is 103 Å². The molecule has 2 aliphatic rings. The summed E-state index contributed by atoms with van der Waals surface area (Å²) >= 11 is 0. The standard InChI is InChI=1S/C26H30N6O3/c1-26(2,3)35-25(34)32-14-12-31(13-15-32)18-6-4-17(5-7-18)23-27-10-9-21(30-23)22-16-19-20(29-22)8-11-28-24(19)33/h4-7,9-10,16,29H,8,11-15H2,1-3H3,(H,28,33). The van der Waals surface area contributed by atoms with E-state index in [1.54, 1.807) is 11.1 Å². The van der Waals surface area contributed by atoms with Gasteiger partial charge in [-0.05, 0) is 57.2 Å². The summed E-state index contributed by atoms with van der Waals surface area (Å²) in [7, 11) is 0. The molecule has 0 atom stereocenters. The molecule has 3 aromatic rings. The van der Waals surface area contributed by atoms with Crippen molar-refractivity contribution in [3.05, 3.63) is 53.9 Å². The fraction of sp³-hybridized carbons (Fsp3) is 0.385. The number of carbonyl (C=O) groups is 2. The van der Waals surface area contributed by atoms with E-state index in [4.69, 9.17) is 9.72 Å². The van der Waals surface area contributed by atoms with Gasteiger partial charge in [0.1, 0.15) is 5.60 Å². The molecule has 4 heterocycles. The predicted octanol–water partition coefficient (Wildman–Crippen LogP) is 3.48. The minimum Gasteiger partial charge on any atom is -0.444 e. The van der Waals surface area contributed by atoms with Gasteiger partial charge in [-0.3, -0.25) is 4.79 Å². The summed E-state index contributed by atoms with van der Waals surface area (Å²) in [5, 5.41) is 2.87. The van der Waals surface area contributed by atoms with Gasteiger partial charge in [0.15, 0.2) is 5.82 Å². The number of amides is 2. The Kier molecular flexibility index (Phi) is 5.92. The maximum Gasteiger partial charge on any atom is 0.410 e. The zero-order chi connectivity index (χ0) is 24.6. The minimum absolute atomic E-state index is 0.0504. The quantitative estimate of drug-likeness (QED) is 0.602. The number of anilines is 1. The van der Waals surface area contributed by atoms with Gasteiger partial charge in [-0.2, -0.15) is 0 Å². The molecule has 0 aliphatic carbocycles. The third-order valence-electron chi connectivity index (χ3n) is 6.16. The van der Waals surface area contributed by atoms with Gasteiger partial charge in [0.25, 0.3) is 5.91 Å². The number of nitrogens with zero attached hydrogens (tertiary/aromatic N) is 4. The molecule has 35 heavy (non-hydrogen) atoms. The normalized spacial score (nSPS) is 16.0. The Morgan fingerprint density at radius 2 is 1.80 bits per heavy atom. The number of piperazine rings is 1. The SMILES string of the molecule is CC(C)(C)OC(=O)N1CCN(c2ccc(-c3nccc(-c4cc5c([nH]4)CCNC5=O)n3)cc2)CC1. The number of hydrogen-bond donors (Lipinski definition) is 2. The third-order valence-corrected chi connectivity index (χ3v) is 6.16. The first-order valence-corrected chi connectivity index (χ1v) is 11.9. The van der Waals surface area contributed by atoms with E-state index in [0.29, 0.717) is 31.0 Å². The molecular formula is C26H30N6O3. The van der Waals surface area contributed by atoms with E-state index in [0.717, 1.165) is 47.8 Å². The van der Waals surface area contributed by atoms with Gasteiger partial charge in [0.2, 0.25) is 0 Å². The summed E-state index contributed by atoms with van der Waals surface area (Å²) in [5.41, 5.74) is 4.71. The van der Waals surface area contributed by atoms with Crippen molar-refractivity contribution in [2.45, 2.75) is 32.8 Å². The second kappa shape index (κ2) is 9.05. The number of H-pyrrole nitrogens is 1. The molecule has 1 aromatic carbocycles. The van der Waals surface area contributed by atoms with Crippen molar-refractivity contribution in [3.63, 3.8) is 0 Å². The van der Waals surface area contributed by atoms with Crippen LogP contribution in [0.25, 0.3) is 22.8 Å². The molecule has 2 N–H and O–H groups in total. The summed E-state index contributed by atoms with van der Waals surface area (Å²) in [6, 6.07) is 11.9. The number of benzene rings is 1. The van der Waals surface area contributed by atoms with E-state index in [2.05, 4.69) is 32.3 Å². The number of aromatic amines is 1. The summed E-state index contributed by atoms with van der Waals surface area (Å²) in [4.78, 5) is 41.0. The molecule has 2 aromatic heterocycles. The second-order valence-corrected chi connectivity index (χ2v) is 9.85. The molecule has 2 amide bonds. The molecule has 0 saturated carbocycles. The smallest absolute Gasteiger partial charge is 0.410 e. The molecule has 0 bridgehead atoms. The predicted molar refractivity (Wildman–Crippen MR) is 133 cm³/mol. The Balaban J connectivity index is 1.26. The minimum atomic E-state index is -0.488. The van der Waals surface area contributed by atoms with E-state index in [-0.39, 0.29) is 12.0 Å². The van der Waals surface area contributed by atoms with Crippen LogP contribution in [0, 0.1) is 0 Å². The number of ether oxygens (including phenoxy) is 1. The fourth-order valence-electron chi connectivity index (χ4n) is 4.37. The van der Waals surface area contributed by atoms with Crippen molar-refractivity contribution in [2.24, 2.45) is 0 Å². The van der Waals surface area contributed by atoms with Crippen LogP contribution in [-0.4, -0.2) is 70.2 Å². The molecule has 182 valence electrons. The van der Waals surface area contributed by atoms with Gasteiger partial charge < -0.3 is 24.8 Å². The fourth-order valence-corrected chi connectivity index (χ4v) is 4.37. The van der Waals surface area contributed by atoms with Crippen molar-refractivity contribution in [3.8, 4) is 22.8 Å². The van der Waals surface area contributed by atoms with Crippen LogP contribution in [-0.2, 0) is 11.2 Å². The van der Waals surface area contributed by atoms with Gasteiger partial charge in [0.05, 0.1) is 17.0 Å². The lowest BCUT2D eigenvalue weighted by atomic mass is 10.1. The zero-order valence-corrected chi connectivity index (χ0v) is 20.3. The number of hydrogen-bond acceptors (Lipinski definition) is 6. The van der Waals surface area contributed by atoms with Crippen LogP contribution in [0.1, 0.15) is 36.8 Å². The van der Waals surface area contributed by atoms with E-state index in [9.17, 15) is 9.59 Å². The summed E-state index contributed by atoms with van der Waals surface area (Å²) in [6.45, 7) is 9.03. The highest BCUT2D eigenvalue weighted by Crippen LogP contribution is 2.26. The van der Waals surface area contributed by atoms with E-state index in [1.165, 1.54) is 0 Å². The van der Waals surface area contributed by atoms with E-state index < -0.39 is 5.60 Å². The number of fused-ring (bicyclic) bond motifs is 1. The van der Waals surface area contributed by atoms with Crippen LogP contribution in [0.4, 0.5) is 10.5 Å². The van der Waals surface area contributed by atoms with Crippen LogP contribution < -0.4 is 10.2 Å². The van der Waals surface area contributed by atoms with Gasteiger partial charge >= 0.3 is 6.09 Å². The summed E-state index contributed by atoms with van der Waals surface area (Å²) in [5.74, 6) is 0.575. The lowest BCUT2D eigenvalue weighted by Gasteiger charge is -2.36. The lowest BCUT2D eigenvalue weighted by molar-refractivity contribution is 0.0240.